The number of ether oxygens (including phenoxy) is 1. The fraction of sp³-hybridized carbons (Fsp3) is 0.250. The molecule has 0 radical (unpaired) electrons. The number of anilines is 1. The number of benzene rings is 1. The second kappa shape index (κ2) is 7.57. The summed E-state index contributed by atoms with van der Waals surface area (Å²) in [4.78, 5) is 18.0. The van der Waals surface area contributed by atoms with Gasteiger partial charge < -0.3 is 15.0 Å². The van der Waals surface area contributed by atoms with Crippen LogP contribution in [-0.2, 0) is 0 Å². The Kier molecular flexibility index (Phi) is 5.25. The summed E-state index contributed by atoms with van der Waals surface area (Å²) in [5.41, 5.74) is 0.740. The third kappa shape index (κ3) is 4.53. The largest absolute Gasteiger partial charge is 0.439 e. The van der Waals surface area contributed by atoms with Gasteiger partial charge in [0.05, 0.1) is 5.02 Å². The van der Waals surface area contributed by atoms with Gasteiger partial charge in [-0.1, -0.05) is 11.6 Å². The second-order valence-electron chi connectivity index (χ2n) is 4.97. The van der Waals surface area contributed by atoms with Gasteiger partial charge in [-0.25, -0.2) is 9.78 Å². The Morgan fingerprint density at radius 1 is 1.17 bits per heavy atom. The molecule has 0 unspecified atom stereocenters. The van der Waals surface area contributed by atoms with Gasteiger partial charge in [0.1, 0.15) is 5.75 Å². The predicted molar refractivity (Wildman–Crippen MR) is 93.7 cm³/mol. The van der Waals surface area contributed by atoms with E-state index in [2.05, 4.69) is 10.3 Å². The number of amides is 2. The van der Waals surface area contributed by atoms with Crippen LogP contribution in [0, 0.1) is 0 Å². The number of nitrogens with zero attached hydrogens (tertiary/aromatic N) is 2. The molecule has 1 aliphatic rings. The summed E-state index contributed by atoms with van der Waals surface area (Å²) in [5.74, 6) is 3.10. The van der Waals surface area contributed by atoms with Crippen LogP contribution < -0.4 is 10.1 Å². The number of hydrogen-bond donors (Lipinski definition) is 1. The van der Waals surface area contributed by atoms with Crippen molar-refractivity contribution in [1.29, 1.82) is 0 Å². The van der Waals surface area contributed by atoms with E-state index >= 15 is 0 Å². The summed E-state index contributed by atoms with van der Waals surface area (Å²) in [6.45, 7) is 1.58. The normalized spacial score (nSPS) is 14.4. The lowest BCUT2D eigenvalue weighted by Crippen LogP contribution is -2.40. The first-order valence-electron chi connectivity index (χ1n) is 7.24. The highest BCUT2D eigenvalue weighted by Crippen LogP contribution is 2.22. The number of rotatable bonds is 3. The Balaban J connectivity index is 1.58. The van der Waals surface area contributed by atoms with E-state index in [0.717, 1.165) is 30.3 Å². The van der Waals surface area contributed by atoms with Crippen LogP contribution in [0.2, 0.25) is 5.02 Å². The van der Waals surface area contributed by atoms with Crippen LogP contribution in [-0.4, -0.2) is 40.5 Å². The van der Waals surface area contributed by atoms with Gasteiger partial charge in [-0.15, -0.1) is 0 Å². The van der Waals surface area contributed by atoms with Gasteiger partial charge in [0.2, 0.25) is 5.88 Å². The van der Waals surface area contributed by atoms with Crippen molar-refractivity contribution >= 4 is 35.1 Å². The van der Waals surface area contributed by atoms with Crippen molar-refractivity contribution in [3.8, 4) is 11.6 Å². The highest BCUT2D eigenvalue weighted by molar-refractivity contribution is 7.99. The molecule has 2 heterocycles. The molecule has 120 valence electrons. The minimum Gasteiger partial charge on any atom is -0.439 e. The van der Waals surface area contributed by atoms with Crippen LogP contribution in [0.15, 0.2) is 42.6 Å². The van der Waals surface area contributed by atoms with Gasteiger partial charge in [0, 0.05) is 42.5 Å². The molecule has 5 nitrogen and oxygen atoms in total. The maximum absolute atomic E-state index is 12.1. The van der Waals surface area contributed by atoms with Crippen LogP contribution in [0.25, 0.3) is 0 Å². The Morgan fingerprint density at radius 2 is 1.91 bits per heavy atom. The van der Waals surface area contributed by atoms with E-state index in [1.54, 1.807) is 24.3 Å². The van der Waals surface area contributed by atoms with Crippen LogP contribution in [0.1, 0.15) is 0 Å². The molecular formula is C16H16ClN3O2S. The SMILES string of the molecule is O=C(Nc1ccc(Oc2ccc(Cl)cn2)cc1)N1CCSCC1. The highest BCUT2D eigenvalue weighted by Gasteiger charge is 2.16. The van der Waals surface area contributed by atoms with Gasteiger partial charge in [-0.2, -0.15) is 11.8 Å². The molecule has 0 atom stereocenters. The van der Waals surface area contributed by atoms with Crippen molar-refractivity contribution < 1.29 is 9.53 Å². The lowest BCUT2D eigenvalue weighted by molar-refractivity contribution is 0.217. The van der Waals surface area contributed by atoms with E-state index in [-0.39, 0.29) is 6.03 Å². The third-order valence-corrected chi connectivity index (χ3v) is 4.49. The Labute approximate surface area is 144 Å². The summed E-state index contributed by atoms with van der Waals surface area (Å²) in [6.07, 6.45) is 1.53. The quantitative estimate of drug-likeness (QED) is 0.906. The Hall–Kier alpha value is -1.92. The number of halogens is 1. The average Bonchev–Trinajstić information content (AvgIpc) is 2.59. The summed E-state index contributed by atoms with van der Waals surface area (Å²) in [7, 11) is 0. The minimum atomic E-state index is -0.0571. The van der Waals surface area contributed by atoms with E-state index in [1.807, 2.05) is 28.8 Å². The molecule has 1 N–H and O–H groups in total. The first kappa shape index (κ1) is 16.0. The summed E-state index contributed by atoms with van der Waals surface area (Å²) in [6, 6.07) is 10.6. The van der Waals surface area contributed by atoms with Crippen LogP contribution in [0.5, 0.6) is 11.6 Å². The smallest absolute Gasteiger partial charge is 0.321 e. The van der Waals surface area contributed by atoms with Crippen molar-refractivity contribution in [3.05, 3.63) is 47.6 Å². The lowest BCUT2D eigenvalue weighted by Gasteiger charge is -2.26. The van der Waals surface area contributed by atoms with E-state index in [0.29, 0.717) is 16.7 Å². The number of carbonyl (C=O) groups is 1. The van der Waals surface area contributed by atoms with Gasteiger partial charge >= 0.3 is 6.03 Å². The highest BCUT2D eigenvalue weighted by atomic mass is 35.5. The molecular weight excluding hydrogens is 334 g/mol. The van der Waals surface area contributed by atoms with Crippen LogP contribution >= 0.6 is 23.4 Å². The van der Waals surface area contributed by atoms with Crippen molar-refractivity contribution in [1.82, 2.24) is 9.88 Å². The van der Waals surface area contributed by atoms with E-state index < -0.39 is 0 Å². The maximum Gasteiger partial charge on any atom is 0.321 e. The molecule has 2 amide bonds. The molecule has 0 bridgehead atoms. The number of urea groups is 1. The fourth-order valence-corrected chi connectivity index (χ4v) is 3.13. The van der Waals surface area contributed by atoms with Crippen LogP contribution in [0.4, 0.5) is 10.5 Å². The monoisotopic (exact) mass is 349 g/mol. The van der Waals surface area contributed by atoms with Crippen molar-refractivity contribution in [2.24, 2.45) is 0 Å². The van der Waals surface area contributed by atoms with E-state index in [4.69, 9.17) is 16.3 Å². The number of pyridine rings is 1. The first-order valence-corrected chi connectivity index (χ1v) is 8.77. The number of thioether (sulfide) groups is 1. The molecule has 0 aliphatic carbocycles. The maximum atomic E-state index is 12.1. The average molecular weight is 350 g/mol. The predicted octanol–water partition coefficient (Wildman–Crippen LogP) is 4.11. The minimum absolute atomic E-state index is 0.0571. The number of aromatic nitrogens is 1. The number of carbonyl (C=O) groups excluding carboxylic acids is 1. The molecule has 1 aromatic heterocycles. The summed E-state index contributed by atoms with van der Waals surface area (Å²) >= 11 is 7.66. The Bertz CT molecular complexity index is 658. The zero-order valence-corrected chi connectivity index (χ0v) is 13.9. The van der Waals surface area contributed by atoms with Gasteiger partial charge in [0.25, 0.3) is 0 Å². The van der Waals surface area contributed by atoms with Crippen LogP contribution in [0.3, 0.4) is 0 Å². The lowest BCUT2D eigenvalue weighted by atomic mass is 10.3. The molecule has 3 rings (SSSR count). The molecule has 1 aliphatic heterocycles. The van der Waals surface area contributed by atoms with Crippen molar-refractivity contribution in [2.45, 2.75) is 0 Å². The van der Waals surface area contributed by atoms with Crippen molar-refractivity contribution in [2.75, 3.05) is 29.9 Å². The van der Waals surface area contributed by atoms with E-state index in [1.165, 1.54) is 6.20 Å². The molecule has 1 aromatic carbocycles. The van der Waals surface area contributed by atoms with Gasteiger partial charge in [-0.3, -0.25) is 0 Å². The van der Waals surface area contributed by atoms with Crippen molar-refractivity contribution in [3.63, 3.8) is 0 Å². The molecule has 0 spiro atoms. The topological polar surface area (TPSA) is 54.5 Å². The summed E-state index contributed by atoms with van der Waals surface area (Å²) < 4.78 is 5.61. The number of hydrogen-bond acceptors (Lipinski definition) is 4. The standard InChI is InChI=1S/C16H16ClN3O2S/c17-12-1-6-15(18-11-12)22-14-4-2-13(3-5-14)19-16(21)20-7-9-23-10-8-20/h1-6,11H,7-10H2,(H,19,21). The Morgan fingerprint density at radius 3 is 2.57 bits per heavy atom. The molecule has 23 heavy (non-hydrogen) atoms. The zero-order valence-electron chi connectivity index (χ0n) is 12.4. The fourth-order valence-electron chi connectivity index (χ4n) is 2.12. The second-order valence-corrected chi connectivity index (χ2v) is 6.63. The molecule has 1 saturated heterocycles. The molecule has 1 fully saturated rings. The van der Waals surface area contributed by atoms with Gasteiger partial charge in [0.15, 0.2) is 0 Å². The summed E-state index contributed by atoms with van der Waals surface area (Å²) in [5, 5.41) is 3.46. The first-order chi connectivity index (χ1) is 11.2. The molecule has 7 heteroatoms. The van der Waals surface area contributed by atoms with E-state index in [9.17, 15) is 4.79 Å². The van der Waals surface area contributed by atoms with Gasteiger partial charge in [-0.05, 0) is 30.3 Å². The third-order valence-electron chi connectivity index (χ3n) is 3.33. The molecule has 0 saturated carbocycles. The molecule has 2 aromatic rings. The zero-order chi connectivity index (χ0) is 16.1. The number of nitrogens with one attached hydrogen (secondary N) is 1.